The van der Waals surface area contributed by atoms with Crippen LogP contribution in [0, 0.1) is 0 Å². The first-order chi connectivity index (χ1) is 7.61. The van der Waals surface area contributed by atoms with Gasteiger partial charge < -0.3 is 14.9 Å². The van der Waals surface area contributed by atoms with E-state index in [0.717, 1.165) is 5.39 Å². The molecule has 2 rings (SSSR count). The van der Waals surface area contributed by atoms with Crippen LogP contribution in [0.1, 0.15) is 5.56 Å². The van der Waals surface area contributed by atoms with Gasteiger partial charge in [0.05, 0.1) is 12.7 Å². The standard InChI is InChI=1S/C11H9NO3S/c1-14-7-2-3-9-6(4-7)5-8(10(12)16)11(13)15-9/h2-5H,1H3,(H2,12,16). The van der Waals surface area contributed by atoms with E-state index in [1.165, 1.54) is 0 Å². The third-order valence-electron chi connectivity index (χ3n) is 2.20. The molecule has 0 saturated heterocycles. The summed E-state index contributed by atoms with van der Waals surface area (Å²) in [6.07, 6.45) is 0. The summed E-state index contributed by atoms with van der Waals surface area (Å²) in [4.78, 5) is 11.5. The van der Waals surface area contributed by atoms with Crippen LogP contribution in [0.2, 0.25) is 0 Å². The molecule has 1 heterocycles. The van der Waals surface area contributed by atoms with Crippen LogP contribution in [0.15, 0.2) is 33.5 Å². The maximum absolute atomic E-state index is 11.5. The van der Waals surface area contributed by atoms with E-state index in [1.807, 2.05) is 0 Å². The minimum atomic E-state index is -0.523. The highest BCUT2D eigenvalue weighted by molar-refractivity contribution is 7.80. The first-order valence-electron chi connectivity index (χ1n) is 4.53. The lowest BCUT2D eigenvalue weighted by Crippen LogP contribution is -2.19. The predicted octanol–water partition coefficient (Wildman–Crippen LogP) is 1.44. The van der Waals surface area contributed by atoms with Crippen molar-refractivity contribution >= 4 is 28.2 Å². The molecule has 0 amide bonds. The van der Waals surface area contributed by atoms with Crippen LogP contribution in [0.4, 0.5) is 0 Å². The quantitative estimate of drug-likeness (QED) is 0.630. The largest absolute Gasteiger partial charge is 0.497 e. The van der Waals surface area contributed by atoms with E-state index in [4.69, 9.17) is 27.1 Å². The number of methoxy groups -OCH3 is 1. The number of nitrogens with two attached hydrogens (primary N) is 1. The second-order valence-corrected chi connectivity index (χ2v) is 3.66. The van der Waals surface area contributed by atoms with E-state index in [-0.39, 0.29) is 10.6 Å². The minimum Gasteiger partial charge on any atom is -0.497 e. The molecule has 0 atom stereocenters. The van der Waals surface area contributed by atoms with Crippen molar-refractivity contribution in [2.24, 2.45) is 5.73 Å². The Morgan fingerprint density at radius 3 is 2.81 bits per heavy atom. The van der Waals surface area contributed by atoms with Gasteiger partial charge in [0.2, 0.25) is 0 Å². The smallest absolute Gasteiger partial charge is 0.346 e. The van der Waals surface area contributed by atoms with E-state index in [2.05, 4.69) is 0 Å². The number of rotatable bonds is 2. The topological polar surface area (TPSA) is 65.5 Å². The number of benzene rings is 1. The molecule has 82 valence electrons. The van der Waals surface area contributed by atoms with Crippen molar-refractivity contribution in [3.63, 3.8) is 0 Å². The summed E-state index contributed by atoms with van der Waals surface area (Å²) in [5.74, 6) is 0.676. The van der Waals surface area contributed by atoms with Gasteiger partial charge in [0.1, 0.15) is 16.3 Å². The van der Waals surface area contributed by atoms with Gasteiger partial charge in [-0.1, -0.05) is 12.2 Å². The van der Waals surface area contributed by atoms with Gasteiger partial charge in [-0.05, 0) is 24.3 Å². The summed E-state index contributed by atoms with van der Waals surface area (Å²) in [5.41, 5.74) is 5.58. The molecule has 1 aromatic heterocycles. The molecule has 0 saturated carbocycles. The van der Waals surface area contributed by atoms with E-state index in [9.17, 15) is 4.79 Å². The first-order valence-corrected chi connectivity index (χ1v) is 4.94. The van der Waals surface area contributed by atoms with Gasteiger partial charge in [0.15, 0.2) is 0 Å². The van der Waals surface area contributed by atoms with Crippen LogP contribution < -0.4 is 16.1 Å². The van der Waals surface area contributed by atoms with Crippen molar-refractivity contribution < 1.29 is 9.15 Å². The van der Waals surface area contributed by atoms with Gasteiger partial charge in [-0.25, -0.2) is 4.79 Å². The zero-order chi connectivity index (χ0) is 11.7. The Hall–Kier alpha value is -1.88. The van der Waals surface area contributed by atoms with Crippen LogP contribution in [0.3, 0.4) is 0 Å². The van der Waals surface area contributed by atoms with E-state index >= 15 is 0 Å². The van der Waals surface area contributed by atoms with Crippen molar-refractivity contribution in [2.75, 3.05) is 7.11 Å². The molecule has 0 aliphatic heterocycles. The molecular formula is C11H9NO3S. The third kappa shape index (κ3) is 1.77. The number of ether oxygens (including phenoxy) is 1. The molecule has 0 unspecified atom stereocenters. The average Bonchev–Trinajstić information content (AvgIpc) is 2.27. The first kappa shape index (κ1) is 10.6. The Morgan fingerprint density at radius 2 is 2.19 bits per heavy atom. The predicted molar refractivity (Wildman–Crippen MR) is 64.9 cm³/mol. The summed E-state index contributed by atoms with van der Waals surface area (Å²) in [6.45, 7) is 0. The zero-order valence-electron chi connectivity index (χ0n) is 8.52. The van der Waals surface area contributed by atoms with Crippen molar-refractivity contribution in [2.45, 2.75) is 0 Å². The molecule has 4 nitrogen and oxygen atoms in total. The van der Waals surface area contributed by atoms with Gasteiger partial charge in [-0.15, -0.1) is 0 Å². The van der Waals surface area contributed by atoms with Gasteiger partial charge in [-0.3, -0.25) is 0 Å². The lowest BCUT2D eigenvalue weighted by atomic mass is 10.2. The molecule has 0 bridgehead atoms. The summed E-state index contributed by atoms with van der Waals surface area (Å²) < 4.78 is 10.1. The van der Waals surface area contributed by atoms with Crippen LogP contribution in [0.5, 0.6) is 5.75 Å². The molecule has 0 aliphatic rings. The molecule has 0 spiro atoms. The Bertz CT molecular complexity index is 618. The van der Waals surface area contributed by atoms with E-state index < -0.39 is 5.63 Å². The Kier molecular flexibility index (Phi) is 2.62. The maximum atomic E-state index is 11.5. The summed E-state index contributed by atoms with van der Waals surface area (Å²) >= 11 is 4.76. The molecule has 2 N–H and O–H groups in total. The highest BCUT2D eigenvalue weighted by atomic mass is 32.1. The molecule has 16 heavy (non-hydrogen) atoms. The highest BCUT2D eigenvalue weighted by Crippen LogP contribution is 2.20. The molecule has 0 fully saturated rings. The SMILES string of the molecule is COc1ccc2oc(=O)c(C(N)=S)cc2c1. The molecular weight excluding hydrogens is 226 g/mol. The van der Waals surface area contributed by atoms with Crippen LogP contribution >= 0.6 is 12.2 Å². The monoisotopic (exact) mass is 235 g/mol. The van der Waals surface area contributed by atoms with Crippen LogP contribution in [-0.2, 0) is 0 Å². The van der Waals surface area contributed by atoms with Crippen molar-refractivity contribution in [1.29, 1.82) is 0 Å². The van der Waals surface area contributed by atoms with E-state index in [0.29, 0.717) is 11.3 Å². The van der Waals surface area contributed by atoms with Gasteiger partial charge >= 0.3 is 5.63 Å². The Morgan fingerprint density at radius 1 is 1.44 bits per heavy atom. The fourth-order valence-electron chi connectivity index (χ4n) is 1.40. The molecule has 1 aromatic carbocycles. The van der Waals surface area contributed by atoms with Crippen LogP contribution in [-0.4, -0.2) is 12.1 Å². The van der Waals surface area contributed by atoms with Crippen molar-refractivity contribution in [3.8, 4) is 5.75 Å². The molecule has 5 heteroatoms. The third-order valence-corrected chi connectivity index (χ3v) is 2.42. The fourth-order valence-corrected chi connectivity index (χ4v) is 1.54. The lowest BCUT2D eigenvalue weighted by molar-refractivity contribution is 0.415. The average molecular weight is 235 g/mol. The summed E-state index contributed by atoms with van der Waals surface area (Å²) in [5, 5.41) is 0.724. The van der Waals surface area contributed by atoms with Gasteiger partial charge in [0.25, 0.3) is 0 Å². The normalized spacial score (nSPS) is 10.3. The number of thiocarbonyl (C=S) groups is 1. The van der Waals surface area contributed by atoms with Crippen molar-refractivity contribution in [1.82, 2.24) is 0 Å². The van der Waals surface area contributed by atoms with E-state index in [1.54, 1.807) is 31.4 Å². The zero-order valence-corrected chi connectivity index (χ0v) is 9.34. The summed E-state index contributed by atoms with van der Waals surface area (Å²) in [7, 11) is 1.56. The molecule has 0 radical (unpaired) electrons. The lowest BCUT2D eigenvalue weighted by Gasteiger charge is -2.03. The summed E-state index contributed by atoms with van der Waals surface area (Å²) in [6, 6.07) is 6.73. The molecule has 2 aromatic rings. The van der Waals surface area contributed by atoms with Gasteiger partial charge in [0, 0.05) is 5.39 Å². The number of fused-ring (bicyclic) bond motifs is 1. The highest BCUT2D eigenvalue weighted by Gasteiger charge is 2.07. The molecule has 0 aliphatic carbocycles. The second-order valence-electron chi connectivity index (χ2n) is 3.22. The maximum Gasteiger partial charge on any atom is 0.346 e. The van der Waals surface area contributed by atoms with Crippen molar-refractivity contribution in [3.05, 3.63) is 40.2 Å². The Labute approximate surface area is 96.6 Å². The second kappa shape index (κ2) is 3.94. The number of hydrogen-bond donors (Lipinski definition) is 1. The number of hydrogen-bond acceptors (Lipinski definition) is 4. The minimum absolute atomic E-state index is 0.0264. The fraction of sp³-hybridized carbons (Fsp3) is 0.0909. The Balaban J connectivity index is 2.75. The van der Waals surface area contributed by atoms with Gasteiger partial charge in [-0.2, -0.15) is 0 Å². The van der Waals surface area contributed by atoms with Crippen LogP contribution in [0.25, 0.3) is 11.0 Å².